The van der Waals surface area contributed by atoms with Crippen molar-refractivity contribution in [2.24, 2.45) is 47.3 Å². The van der Waals surface area contributed by atoms with Gasteiger partial charge in [0.25, 0.3) is 0 Å². The lowest BCUT2D eigenvalue weighted by Gasteiger charge is -2.61. The second kappa shape index (κ2) is 24.1. The third-order valence-electron chi connectivity index (χ3n) is 29.5. The normalized spacial score (nSPS) is 23.1. The molecule has 8 saturated carbocycles. The molecule has 8 fully saturated rings. The van der Waals surface area contributed by atoms with Crippen LogP contribution >= 0.6 is 0 Å². The number of rotatable bonds is 6. The lowest BCUT2D eigenvalue weighted by atomic mass is 9.43. The average Bonchev–Trinajstić information content (AvgIpc) is 1.54. The van der Waals surface area contributed by atoms with Crippen LogP contribution in [-0.4, -0.2) is 9.13 Å². The van der Waals surface area contributed by atoms with Crippen molar-refractivity contribution in [2.75, 3.05) is 0 Å². The molecule has 0 unspecified atom stereocenters. The molecule has 0 saturated heterocycles. The van der Waals surface area contributed by atoms with Crippen LogP contribution in [0.1, 0.15) is 93.9 Å². The van der Waals surface area contributed by atoms with Crippen LogP contribution in [0.25, 0.3) is 165 Å². The van der Waals surface area contributed by atoms with E-state index in [2.05, 4.69) is 337 Å². The van der Waals surface area contributed by atoms with Crippen LogP contribution in [0.4, 0.5) is 0 Å². The zero-order chi connectivity index (χ0) is 71.7. The first kappa shape index (κ1) is 64.0. The fourth-order valence-corrected chi connectivity index (χ4v) is 26.2. The second-order valence-corrected chi connectivity index (χ2v) is 34.4. The van der Waals surface area contributed by atoms with Gasteiger partial charge in [-0.25, -0.2) is 0 Å². The number of nitrogens with zero attached hydrogens (tertiary/aromatic N) is 2. The van der Waals surface area contributed by atoms with Gasteiger partial charge in [0, 0.05) is 43.7 Å². The number of aromatic nitrogens is 2. The van der Waals surface area contributed by atoms with Gasteiger partial charge < -0.3 is 9.13 Å². The molecule has 2 heterocycles. The van der Waals surface area contributed by atoms with Gasteiger partial charge in [-0.2, -0.15) is 0 Å². The third-order valence-corrected chi connectivity index (χ3v) is 29.5. The van der Waals surface area contributed by atoms with Crippen LogP contribution in [0.5, 0.6) is 0 Å². The van der Waals surface area contributed by atoms with E-state index in [1.807, 2.05) is 0 Å². The maximum absolute atomic E-state index is 2.54. The van der Waals surface area contributed by atoms with Crippen molar-refractivity contribution in [1.82, 2.24) is 9.13 Å². The van der Waals surface area contributed by atoms with Crippen molar-refractivity contribution in [2.45, 2.75) is 82.5 Å². The predicted molar refractivity (Wildman–Crippen MR) is 467 cm³/mol. The molecule has 10 aliphatic carbocycles. The summed E-state index contributed by atoms with van der Waals surface area (Å²) < 4.78 is 4.86. The van der Waals surface area contributed by atoms with Crippen molar-refractivity contribution in [1.29, 1.82) is 0 Å². The summed E-state index contributed by atoms with van der Waals surface area (Å²) in [6.45, 7) is 0. The summed E-state index contributed by atoms with van der Waals surface area (Å²) in [7, 11) is 0. The predicted octanol–water partition coefficient (Wildman–Crippen LogP) is 28.9. The summed E-state index contributed by atoms with van der Waals surface area (Å²) in [5, 5.41) is 15.7. The molecule has 28 rings (SSSR count). The SMILES string of the molecule is C.c1ccc(-n2c3ccccc3c3cc(-c4c5ccccc5c(-c5cccc6c5-c5ccccc5C65C6CC7CC(C6)CC5C7)c5ccccc45)ccc32)cc1.c1ccc(-n2c3ccccc3c3ccc(-c4c5ccccc5c(-c5cccc6c5-c5ccccc5C65C6CC7CC(C6)CC5C7)c5ccccc45)cc32)cc1. The molecule has 2 nitrogen and oxygen atoms in total. The minimum Gasteiger partial charge on any atom is -0.309 e. The van der Waals surface area contributed by atoms with Crippen molar-refractivity contribution < 1.29 is 0 Å². The zero-order valence-electron chi connectivity index (χ0n) is 61.8. The molecule has 532 valence electrons. The molecule has 111 heavy (non-hydrogen) atoms. The monoisotopic (exact) mass is 1420 g/mol. The third kappa shape index (κ3) is 8.75. The number of para-hydroxylation sites is 4. The quantitative estimate of drug-likeness (QED) is 0.147. The highest BCUT2D eigenvalue weighted by molar-refractivity contribution is 6.26. The van der Waals surface area contributed by atoms with Gasteiger partial charge in [0.1, 0.15) is 0 Å². The fraction of sp³-hybridized carbons (Fsp3) is 0.193. The minimum atomic E-state index is 0. The highest BCUT2D eigenvalue weighted by Crippen LogP contribution is 2.72. The van der Waals surface area contributed by atoms with E-state index in [0.29, 0.717) is 0 Å². The molecule has 0 N–H and O–H groups in total. The first-order valence-corrected chi connectivity index (χ1v) is 41.1. The number of benzene rings is 16. The van der Waals surface area contributed by atoms with E-state index in [1.54, 1.807) is 22.3 Å². The molecule has 2 aromatic heterocycles. The Kier molecular flexibility index (Phi) is 13.9. The highest BCUT2D eigenvalue weighted by Gasteiger charge is 2.63. The summed E-state index contributed by atoms with van der Waals surface area (Å²) in [5.41, 5.74) is 30.8. The minimum absolute atomic E-state index is 0. The van der Waals surface area contributed by atoms with E-state index in [1.165, 1.54) is 229 Å². The molecule has 0 radical (unpaired) electrons. The van der Waals surface area contributed by atoms with E-state index in [4.69, 9.17) is 0 Å². The van der Waals surface area contributed by atoms with Crippen LogP contribution in [0, 0.1) is 47.3 Å². The zero-order valence-corrected chi connectivity index (χ0v) is 61.8. The molecule has 18 aromatic rings. The van der Waals surface area contributed by atoms with Crippen LogP contribution in [0.3, 0.4) is 0 Å². The fourth-order valence-electron chi connectivity index (χ4n) is 26.2. The van der Waals surface area contributed by atoms with Crippen LogP contribution < -0.4 is 0 Å². The van der Waals surface area contributed by atoms with E-state index in [-0.39, 0.29) is 18.3 Å². The summed E-state index contributed by atoms with van der Waals surface area (Å²) in [6, 6.07) is 125. The molecular weight excluding hydrogens is 1340 g/mol. The summed E-state index contributed by atoms with van der Waals surface area (Å²) >= 11 is 0. The summed E-state index contributed by atoms with van der Waals surface area (Å²) in [4.78, 5) is 0. The number of hydrogen-bond donors (Lipinski definition) is 0. The smallest absolute Gasteiger partial charge is 0.0547 e. The Morgan fingerprint density at radius 3 is 0.919 bits per heavy atom. The van der Waals surface area contributed by atoms with Crippen molar-refractivity contribution in [3.63, 3.8) is 0 Å². The van der Waals surface area contributed by atoms with Crippen LogP contribution in [0.15, 0.2) is 328 Å². The highest BCUT2D eigenvalue weighted by atomic mass is 15.0. The largest absolute Gasteiger partial charge is 0.309 e. The van der Waals surface area contributed by atoms with E-state index in [9.17, 15) is 0 Å². The lowest BCUT2D eigenvalue weighted by Crippen LogP contribution is -2.55. The molecule has 2 heteroatoms. The van der Waals surface area contributed by atoms with Crippen LogP contribution in [-0.2, 0) is 10.8 Å². The van der Waals surface area contributed by atoms with E-state index >= 15 is 0 Å². The Balaban J connectivity index is 0.000000128. The maximum atomic E-state index is 2.54. The van der Waals surface area contributed by atoms with Gasteiger partial charge in [-0.15, -0.1) is 0 Å². The average molecular weight is 1420 g/mol. The van der Waals surface area contributed by atoms with E-state index in [0.717, 1.165) is 47.3 Å². The summed E-state index contributed by atoms with van der Waals surface area (Å²) in [6.07, 6.45) is 14.2. The standard InChI is InChI=1S/2C54H41N.CH4/c1-2-13-38(14-3-1)55-49-24-11-9-15-39(49)40-26-25-35(32-50(40)55)51-41-16-4-6-18-43(41)52(44-19-7-5-17-42(44)51)46-21-12-23-48-53(46)45-20-8-10-22-47(45)54(48)36-28-33-27-34(30-36)31-37(54)29-33;1-2-13-38(14-3-1)55-49-24-11-9-15-39(49)46-32-35(25-26-50(46)55)51-40-16-4-6-18-42(40)52(43-19-7-5-17-41(43)51)45-21-12-23-48-53(45)44-20-8-10-22-47(44)54(48)36-28-33-27-34(30-36)31-37(54)29-33;/h2*1-26,32-34,36-37H,27-31H2;1H4. The van der Waals surface area contributed by atoms with Crippen molar-refractivity contribution in [3.05, 3.63) is 350 Å². The number of hydrogen-bond acceptors (Lipinski definition) is 0. The maximum Gasteiger partial charge on any atom is 0.0547 e. The first-order chi connectivity index (χ1) is 54.5. The van der Waals surface area contributed by atoms with Crippen molar-refractivity contribution in [3.8, 4) is 78.1 Å². The molecule has 16 aromatic carbocycles. The molecular formula is C109H86N2. The molecule has 0 amide bonds. The lowest BCUT2D eigenvalue weighted by molar-refractivity contribution is -0.0399. The van der Waals surface area contributed by atoms with Gasteiger partial charge >= 0.3 is 0 Å². The van der Waals surface area contributed by atoms with Gasteiger partial charge in [0.05, 0.1) is 22.1 Å². The summed E-state index contributed by atoms with van der Waals surface area (Å²) in [5.74, 6) is 6.73. The Labute approximate surface area is 649 Å². The van der Waals surface area contributed by atoms with Crippen LogP contribution in [0.2, 0.25) is 0 Å². The van der Waals surface area contributed by atoms with Gasteiger partial charge in [-0.05, 0) is 298 Å². The Hall–Kier alpha value is -11.8. The van der Waals surface area contributed by atoms with Crippen molar-refractivity contribution >= 4 is 86.7 Å². The Morgan fingerprint density at radius 1 is 0.198 bits per heavy atom. The second-order valence-electron chi connectivity index (χ2n) is 34.4. The van der Waals surface area contributed by atoms with Gasteiger partial charge in [0.2, 0.25) is 0 Å². The first-order valence-electron chi connectivity index (χ1n) is 41.1. The molecule has 8 bridgehead atoms. The Bertz CT molecular complexity index is 6760. The molecule has 2 spiro atoms. The van der Waals surface area contributed by atoms with E-state index < -0.39 is 0 Å². The topological polar surface area (TPSA) is 9.86 Å². The van der Waals surface area contributed by atoms with Gasteiger partial charge in [0.15, 0.2) is 0 Å². The molecule has 10 aliphatic rings. The number of fused-ring (bicyclic) bond motifs is 16. The molecule has 0 atom stereocenters. The van der Waals surface area contributed by atoms with Gasteiger partial charge in [-0.3, -0.25) is 0 Å². The van der Waals surface area contributed by atoms with Gasteiger partial charge in [-0.1, -0.05) is 280 Å². The molecule has 0 aliphatic heterocycles. The Morgan fingerprint density at radius 2 is 0.495 bits per heavy atom.